The van der Waals surface area contributed by atoms with Crippen LogP contribution in [0.1, 0.15) is 24.8 Å². The molecule has 0 aliphatic heterocycles. The van der Waals surface area contributed by atoms with Gasteiger partial charge >= 0.3 is 0 Å². The minimum atomic E-state index is 0.199. The Kier molecular flexibility index (Phi) is 2.99. The third kappa shape index (κ3) is 1.81. The molecule has 1 unspecified atom stereocenters. The lowest BCUT2D eigenvalue weighted by Crippen LogP contribution is -2.02. The Morgan fingerprint density at radius 3 is 2.74 bits per heavy atom. The summed E-state index contributed by atoms with van der Waals surface area (Å²) in [6.45, 7) is 2.31. The number of nitrogens with zero attached hydrogens (tertiary/aromatic N) is 2. The predicted molar refractivity (Wildman–Crippen MR) is 78.3 cm³/mol. The van der Waals surface area contributed by atoms with Gasteiger partial charge in [-0.3, -0.25) is 4.98 Å². The first-order valence-corrected chi connectivity index (χ1v) is 6.69. The van der Waals surface area contributed by atoms with Crippen molar-refractivity contribution in [3.63, 3.8) is 0 Å². The van der Waals surface area contributed by atoms with Crippen LogP contribution in [0.5, 0.6) is 0 Å². The van der Waals surface area contributed by atoms with Crippen LogP contribution in [-0.4, -0.2) is 21.3 Å². The van der Waals surface area contributed by atoms with Crippen molar-refractivity contribution in [2.75, 3.05) is 6.61 Å². The maximum atomic E-state index is 9.45. The van der Waals surface area contributed by atoms with E-state index in [1.54, 1.807) is 0 Å². The Morgan fingerprint density at radius 1 is 1.21 bits per heavy atom. The highest BCUT2D eigenvalue weighted by Gasteiger charge is 2.12. The summed E-state index contributed by atoms with van der Waals surface area (Å²) in [6, 6.07) is 8.50. The summed E-state index contributed by atoms with van der Waals surface area (Å²) >= 11 is 0. The minimum absolute atomic E-state index is 0.199. The summed E-state index contributed by atoms with van der Waals surface area (Å²) in [6.07, 6.45) is 4.69. The predicted octanol–water partition coefficient (Wildman–Crippen LogP) is 3.21. The van der Waals surface area contributed by atoms with Crippen LogP contribution in [0.25, 0.3) is 21.8 Å². The van der Waals surface area contributed by atoms with Crippen molar-refractivity contribution in [2.45, 2.75) is 19.3 Å². The summed E-state index contributed by atoms with van der Waals surface area (Å²) in [5.74, 6) is 0.219. The summed E-state index contributed by atoms with van der Waals surface area (Å²) < 4.78 is 2.19. The average molecular weight is 254 g/mol. The van der Waals surface area contributed by atoms with E-state index in [1.165, 1.54) is 27.4 Å². The molecule has 0 radical (unpaired) electrons. The smallest absolute Gasteiger partial charge is 0.0519 e. The maximum Gasteiger partial charge on any atom is 0.0519 e. The van der Waals surface area contributed by atoms with Gasteiger partial charge in [-0.1, -0.05) is 13.0 Å². The number of hydrogen-bond donors (Lipinski definition) is 1. The van der Waals surface area contributed by atoms with Gasteiger partial charge in [0.05, 0.1) is 5.52 Å². The molecule has 2 heterocycles. The van der Waals surface area contributed by atoms with Crippen LogP contribution in [0, 0.1) is 0 Å². The molecule has 1 aromatic carbocycles. The van der Waals surface area contributed by atoms with Crippen molar-refractivity contribution < 1.29 is 5.11 Å². The molecular formula is C16H18N2O. The Labute approximate surface area is 112 Å². The monoisotopic (exact) mass is 254 g/mol. The zero-order chi connectivity index (χ0) is 13.4. The molecule has 0 saturated carbocycles. The second kappa shape index (κ2) is 4.67. The van der Waals surface area contributed by atoms with Crippen molar-refractivity contribution in [2.24, 2.45) is 7.05 Å². The molecule has 19 heavy (non-hydrogen) atoms. The summed E-state index contributed by atoms with van der Waals surface area (Å²) in [7, 11) is 2.08. The molecule has 3 heteroatoms. The molecular weight excluding hydrogens is 236 g/mol. The molecule has 0 aliphatic rings. The Morgan fingerprint density at radius 2 is 2.00 bits per heavy atom. The number of aliphatic hydroxyl groups excluding tert-OH is 1. The van der Waals surface area contributed by atoms with Gasteiger partial charge in [-0.15, -0.1) is 0 Å². The molecule has 0 amide bonds. The number of pyridine rings is 1. The highest BCUT2D eigenvalue weighted by Crippen LogP contribution is 2.30. The highest BCUT2D eigenvalue weighted by molar-refractivity contribution is 6.07. The molecule has 0 fully saturated rings. The second-order valence-electron chi connectivity index (χ2n) is 5.02. The zero-order valence-electron chi connectivity index (χ0n) is 11.3. The fourth-order valence-electron chi connectivity index (χ4n) is 2.80. The number of aromatic nitrogens is 2. The molecule has 3 aromatic rings. The number of fused-ring (bicyclic) bond motifs is 3. The molecule has 3 nitrogen and oxygen atoms in total. The van der Waals surface area contributed by atoms with Gasteiger partial charge in [-0.25, -0.2) is 0 Å². The zero-order valence-corrected chi connectivity index (χ0v) is 11.3. The van der Waals surface area contributed by atoms with Gasteiger partial charge in [0.1, 0.15) is 0 Å². The first-order valence-electron chi connectivity index (χ1n) is 6.69. The van der Waals surface area contributed by atoms with E-state index in [9.17, 15) is 5.11 Å². The Bertz CT molecular complexity index is 726. The van der Waals surface area contributed by atoms with Crippen LogP contribution < -0.4 is 0 Å². The number of benzene rings is 1. The Balaban J connectivity index is 2.30. The van der Waals surface area contributed by atoms with Gasteiger partial charge in [0.2, 0.25) is 0 Å². The van der Waals surface area contributed by atoms with Gasteiger partial charge in [-0.2, -0.15) is 0 Å². The van der Waals surface area contributed by atoms with Crippen LogP contribution in [0.4, 0.5) is 0 Å². The Hall–Kier alpha value is -1.87. The normalized spacial score (nSPS) is 13.2. The minimum Gasteiger partial charge on any atom is -0.396 e. The number of rotatable bonds is 3. The van der Waals surface area contributed by atoms with Gasteiger partial charge in [0, 0.05) is 48.3 Å². The van der Waals surface area contributed by atoms with E-state index < -0.39 is 0 Å². The fraction of sp³-hybridized carbons (Fsp3) is 0.312. The van der Waals surface area contributed by atoms with Crippen LogP contribution in [0.3, 0.4) is 0 Å². The van der Waals surface area contributed by atoms with E-state index in [2.05, 4.69) is 41.7 Å². The van der Waals surface area contributed by atoms with Crippen molar-refractivity contribution in [3.8, 4) is 0 Å². The third-order valence-electron chi connectivity index (χ3n) is 4.02. The molecule has 3 rings (SSSR count). The molecule has 0 bridgehead atoms. The summed E-state index contributed by atoms with van der Waals surface area (Å²) in [4.78, 5) is 4.23. The summed E-state index contributed by atoms with van der Waals surface area (Å²) in [5.41, 5.74) is 3.60. The third-order valence-corrected chi connectivity index (χ3v) is 4.02. The first-order chi connectivity index (χ1) is 9.26. The number of aryl methyl sites for hydroxylation is 1. The van der Waals surface area contributed by atoms with Gasteiger partial charge < -0.3 is 9.67 Å². The lowest BCUT2D eigenvalue weighted by atomic mass is 9.96. The molecule has 0 saturated heterocycles. The van der Waals surface area contributed by atoms with Crippen LogP contribution in [0.2, 0.25) is 0 Å². The highest BCUT2D eigenvalue weighted by atomic mass is 16.3. The van der Waals surface area contributed by atoms with E-state index in [-0.39, 0.29) is 12.5 Å². The average Bonchev–Trinajstić information content (AvgIpc) is 2.74. The molecule has 0 aliphatic carbocycles. The molecule has 1 atom stereocenters. The first kappa shape index (κ1) is 12.2. The van der Waals surface area contributed by atoms with E-state index in [1.807, 2.05) is 18.5 Å². The fourth-order valence-corrected chi connectivity index (χ4v) is 2.80. The van der Waals surface area contributed by atoms with Crippen LogP contribution >= 0.6 is 0 Å². The largest absolute Gasteiger partial charge is 0.396 e. The molecule has 1 N–H and O–H groups in total. The molecule has 2 aromatic heterocycles. The standard InChI is InChI=1S/C16H18N2O/c1-3-11(10-19)12-4-5-15-13(8-12)14-9-17-7-6-16(14)18(15)2/h4-9,11,19H,3,10H2,1-2H3. The lowest BCUT2D eigenvalue weighted by Gasteiger charge is -2.12. The molecule has 98 valence electrons. The van der Waals surface area contributed by atoms with Crippen molar-refractivity contribution in [1.29, 1.82) is 0 Å². The summed E-state index contributed by atoms with van der Waals surface area (Å²) in [5, 5.41) is 11.8. The van der Waals surface area contributed by atoms with E-state index in [0.29, 0.717) is 0 Å². The maximum absolute atomic E-state index is 9.45. The van der Waals surface area contributed by atoms with Crippen LogP contribution in [0.15, 0.2) is 36.7 Å². The van der Waals surface area contributed by atoms with Crippen molar-refractivity contribution in [1.82, 2.24) is 9.55 Å². The lowest BCUT2D eigenvalue weighted by molar-refractivity contribution is 0.262. The number of aliphatic hydroxyl groups is 1. The van der Waals surface area contributed by atoms with Crippen LogP contribution in [-0.2, 0) is 7.05 Å². The SMILES string of the molecule is CCC(CO)c1ccc2c(c1)c1cnccc1n2C. The number of hydrogen-bond acceptors (Lipinski definition) is 2. The van der Waals surface area contributed by atoms with Crippen molar-refractivity contribution >= 4 is 21.8 Å². The van der Waals surface area contributed by atoms with Gasteiger partial charge in [-0.05, 0) is 30.2 Å². The van der Waals surface area contributed by atoms with E-state index in [4.69, 9.17) is 0 Å². The van der Waals surface area contributed by atoms with Gasteiger partial charge in [0.25, 0.3) is 0 Å². The topological polar surface area (TPSA) is 38.1 Å². The van der Waals surface area contributed by atoms with E-state index in [0.717, 1.165) is 6.42 Å². The molecule has 0 spiro atoms. The quantitative estimate of drug-likeness (QED) is 0.779. The second-order valence-corrected chi connectivity index (χ2v) is 5.02. The van der Waals surface area contributed by atoms with E-state index >= 15 is 0 Å². The van der Waals surface area contributed by atoms with Gasteiger partial charge in [0.15, 0.2) is 0 Å². The van der Waals surface area contributed by atoms with Crippen molar-refractivity contribution in [3.05, 3.63) is 42.2 Å².